The zero-order valence-electron chi connectivity index (χ0n) is 27.0. The van der Waals surface area contributed by atoms with Crippen molar-refractivity contribution in [2.45, 2.75) is 78.4 Å². The van der Waals surface area contributed by atoms with Crippen LogP contribution in [-0.2, 0) is 24.1 Å². The van der Waals surface area contributed by atoms with E-state index in [2.05, 4.69) is 14.6 Å². The summed E-state index contributed by atoms with van der Waals surface area (Å²) >= 11 is 7.68. The molecule has 1 aliphatic heterocycles. The van der Waals surface area contributed by atoms with Crippen molar-refractivity contribution in [3.63, 3.8) is 0 Å². The van der Waals surface area contributed by atoms with Gasteiger partial charge in [-0.15, -0.1) is 24.5 Å². The fourth-order valence-electron chi connectivity index (χ4n) is 7.03. The standard InChI is InChI=1S/C34H36ClF3N4O5S/c1-18-13-23(30-29(39-18)25(16-48-30)32(44)45)22-14-20(35)5-8-27(22)46-12-11-42-19(2)40-26-7-6-21(15-24(26)31(42)43)41-10-9-28(33(3,4)17-41)47-34(36,37)38/h5,8,13-14,16,21,28H,6-7,9-12,15,17H2,1-4H3,(H,44,45)/t21-,28+/m1/s1. The maximum absolute atomic E-state index is 13.8. The van der Waals surface area contributed by atoms with Crippen molar-refractivity contribution in [1.29, 1.82) is 0 Å². The van der Waals surface area contributed by atoms with E-state index in [0.29, 0.717) is 69.6 Å². The summed E-state index contributed by atoms with van der Waals surface area (Å²) in [6.45, 7) is 8.46. The highest BCUT2D eigenvalue weighted by molar-refractivity contribution is 7.18. The monoisotopic (exact) mass is 704 g/mol. The summed E-state index contributed by atoms with van der Waals surface area (Å²) in [4.78, 5) is 37.1. The molecule has 4 aromatic rings. The minimum absolute atomic E-state index is 0.0155. The number of halogens is 4. The molecule has 0 saturated carbocycles. The van der Waals surface area contributed by atoms with Crippen molar-refractivity contribution in [1.82, 2.24) is 19.4 Å². The average Bonchev–Trinajstić information content (AvgIpc) is 3.43. The first-order chi connectivity index (χ1) is 22.6. The van der Waals surface area contributed by atoms with Crippen LogP contribution in [0.5, 0.6) is 5.75 Å². The second-order valence-electron chi connectivity index (χ2n) is 13.2. The van der Waals surface area contributed by atoms with Crippen LogP contribution >= 0.6 is 22.9 Å². The molecule has 1 fully saturated rings. The number of carboxylic acids is 1. The molecule has 4 heterocycles. The molecule has 0 unspecified atom stereocenters. The fourth-order valence-corrected chi connectivity index (χ4v) is 8.21. The van der Waals surface area contributed by atoms with E-state index in [-0.39, 0.29) is 36.7 Å². The van der Waals surface area contributed by atoms with Gasteiger partial charge in [0.15, 0.2) is 0 Å². The van der Waals surface area contributed by atoms with E-state index in [9.17, 15) is 27.9 Å². The Morgan fingerprint density at radius 3 is 2.65 bits per heavy atom. The van der Waals surface area contributed by atoms with Gasteiger partial charge in [-0.05, 0) is 63.8 Å². The summed E-state index contributed by atoms with van der Waals surface area (Å²) < 4.78 is 52.0. The highest BCUT2D eigenvalue weighted by atomic mass is 35.5. The van der Waals surface area contributed by atoms with Crippen molar-refractivity contribution < 1.29 is 32.5 Å². The molecule has 0 bridgehead atoms. The number of thiophene rings is 1. The second kappa shape index (κ2) is 13.1. The van der Waals surface area contributed by atoms with Gasteiger partial charge in [0.2, 0.25) is 0 Å². The molecular formula is C34H36ClF3N4O5S. The number of aromatic nitrogens is 3. The number of carbonyl (C=O) groups is 1. The van der Waals surface area contributed by atoms with Gasteiger partial charge in [0.25, 0.3) is 5.56 Å². The van der Waals surface area contributed by atoms with Gasteiger partial charge in [0.05, 0.1) is 34.1 Å². The third kappa shape index (κ3) is 6.96. The van der Waals surface area contributed by atoms with Crippen LogP contribution in [0.25, 0.3) is 21.3 Å². The molecule has 9 nitrogen and oxygen atoms in total. The van der Waals surface area contributed by atoms with Crippen LogP contribution < -0.4 is 10.3 Å². The number of alkyl halides is 3. The van der Waals surface area contributed by atoms with Gasteiger partial charge < -0.3 is 9.84 Å². The van der Waals surface area contributed by atoms with E-state index in [1.54, 1.807) is 55.8 Å². The minimum Gasteiger partial charge on any atom is -0.491 e. The molecule has 2 atom stereocenters. The highest BCUT2D eigenvalue weighted by Crippen LogP contribution is 2.41. The number of ether oxygens (including phenoxy) is 2. The quantitative estimate of drug-likeness (QED) is 0.208. The Balaban J connectivity index is 1.20. The van der Waals surface area contributed by atoms with Crippen LogP contribution in [0.15, 0.2) is 34.4 Å². The number of nitrogens with zero attached hydrogens (tertiary/aromatic N) is 4. The first-order valence-corrected chi connectivity index (χ1v) is 17.0. The maximum atomic E-state index is 13.8. The van der Waals surface area contributed by atoms with Gasteiger partial charge in [-0.25, -0.2) is 9.78 Å². The van der Waals surface area contributed by atoms with E-state index < -0.39 is 23.9 Å². The molecule has 48 heavy (non-hydrogen) atoms. The maximum Gasteiger partial charge on any atom is 0.522 e. The topological polar surface area (TPSA) is 107 Å². The van der Waals surface area contributed by atoms with Crippen LogP contribution in [0, 0.1) is 19.3 Å². The van der Waals surface area contributed by atoms with Gasteiger partial charge in [-0.3, -0.25) is 24.0 Å². The van der Waals surface area contributed by atoms with Gasteiger partial charge >= 0.3 is 12.3 Å². The number of hydrogen-bond donors (Lipinski definition) is 1. The number of piperidine rings is 1. The van der Waals surface area contributed by atoms with Crippen LogP contribution in [-0.4, -0.2) is 68.7 Å². The van der Waals surface area contributed by atoms with E-state index in [4.69, 9.17) is 21.3 Å². The molecule has 1 aliphatic carbocycles. The van der Waals surface area contributed by atoms with Crippen LogP contribution in [0.4, 0.5) is 13.2 Å². The molecule has 0 spiro atoms. The van der Waals surface area contributed by atoms with Crippen LogP contribution in [0.1, 0.15) is 59.8 Å². The van der Waals surface area contributed by atoms with Gasteiger partial charge in [-0.1, -0.05) is 25.4 Å². The number of pyridine rings is 1. The molecule has 256 valence electrons. The van der Waals surface area contributed by atoms with Crippen molar-refractivity contribution in [2.24, 2.45) is 5.41 Å². The van der Waals surface area contributed by atoms with Crippen molar-refractivity contribution in [3.05, 3.63) is 73.4 Å². The average molecular weight is 705 g/mol. The number of fused-ring (bicyclic) bond motifs is 2. The Morgan fingerprint density at radius 2 is 1.94 bits per heavy atom. The molecular weight excluding hydrogens is 669 g/mol. The molecule has 2 aliphatic rings. The molecule has 0 radical (unpaired) electrons. The number of aryl methyl sites for hydroxylation is 3. The van der Waals surface area contributed by atoms with Crippen molar-refractivity contribution in [3.8, 4) is 16.9 Å². The van der Waals surface area contributed by atoms with Gasteiger partial charge in [-0.2, -0.15) is 0 Å². The van der Waals surface area contributed by atoms with E-state index in [1.165, 1.54) is 11.3 Å². The molecule has 14 heteroatoms. The molecule has 3 aromatic heterocycles. The number of hydrogen-bond acceptors (Lipinski definition) is 8. The number of carboxylic acid groups (broad SMARTS) is 1. The summed E-state index contributed by atoms with van der Waals surface area (Å²) in [5.74, 6) is 0.0472. The Bertz CT molecular complexity index is 1940. The van der Waals surface area contributed by atoms with Gasteiger partial charge in [0.1, 0.15) is 18.2 Å². The summed E-state index contributed by atoms with van der Waals surface area (Å²) in [5.41, 5.74) is 3.17. The lowest BCUT2D eigenvalue weighted by molar-refractivity contribution is -0.358. The molecule has 6 rings (SSSR count). The molecule has 1 saturated heterocycles. The van der Waals surface area contributed by atoms with E-state index in [1.807, 2.05) is 6.07 Å². The molecule has 1 N–H and O–H groups in total. The van der Waals surface area contributed by atoms with Gasteiger partial charge in [0, 0.05) is 57.3 Å². The first kappa shape index (κ1) is 34.3. The fraction of sp³-hybridized carbons (Fsp3) is 0.471. The summed E-state index contributed by atoms with van der Waals surface area (Å²) in [6.07, 6.45) is -3.48. The second-order valence-corrected chi connectivity index (χ2v) is 14.5. The lowest BCUT2D eigenvalue weighted by Gasteiger charge is -2.47. The number of benzene rings is 1. The first-order valence-electron chi connectivity index (χ1n) is 15.7. The molecule has 1 aromatic carbocycles. The lowest BCUT2D eigenvalue weighted by Crippen LogP contribution is -2.55. The number of aromatic carboxylic acids is 1. The summed E-state index contributed by atoms with van der Waals surface area (Å²) in [7, 11) is 0. The normalized spacial score (nSPS) is 19.8. The third-order valence-electron chi connectivity index (χ3n) is 9.33. The third-order valence-corrected chi connectivity index (χ3v) is 10.6. The molecule has 0 amide bonds. The number of likely N-dealkylation sites (tertiary alicyclic amines) is 1. The Labute approximate surface area is 284 Å². The van der Waals surface area contributed by atoms with Crippen LogP contribution in [0.2, 0.25) is 5.02 Å². The van der Waals surface area contributed by atoms with E-state index >= 15 is 0 Å². The van der Waals surface area contributed by atoms with Crippen LogP contribution in [0.3, 0.4) is 0 Å². The Hall–Kier alpha value is -3.52. The number of rotatable bonds is 8. The predicted molar refractivity (Wildman–Crippen MR) is 177 cm³/mol. The van der Waals surface area contributed by atoms with Crippen molar-refractivity contribution >= 4 is 39.1 Å². The SMILES string of the molecule is Cc1cc(-c2cc(Cl)ccc2OCCn2c(C)nc3c(c2=O)C[C@H](N2CC[C@H](OC(F)(F)F)C(C)(C)C2)CC3)c2scc(C(=O)O)c2n1. The minimum atomic E-state index is -4.68. The predicted octanol–water partition coefficient (Wildman–Crippen LogP) is 7.06. The summed E-state index contributed by atoms with van der Waals surface area (Å²) in [6, 6.07) is 7.11. The highest BCUT2D eigenvalue weighted by Gasteiger charge is 2.45. The van der Waals surface area contributed by atoms with Crippen molar-refractivity contribution in [2.75, 3.05) is 19.7 Å². The van der Waals surface area contributed by atoms with E-state index in [0.717, 1.165) is 17.7 Å². The summed E-state index contributed by atoms with van der Waals surface area (Å²) in [5, 5.41) is 11.7. The Morgan fingerprint density at radius 1 is 1.17 bits per heavy atom. The Kier molecular flexibility index (Phi) is 9.35. The smallest absolute Gasteiger partial charge is 0.491 e. The largest absolute Gasteiger partial charge is 0.522 e. The zero-order chi connectivity index (χ0) is 34.5. The lowest BCUT2D eigenvalue weighted by atomic mass is 9.79. The zero-order valence-corrected chi connectivity index (χ0v) is 28.6.